The topological polar surface area (TPSA) is 43.4 Å². The van der Waals surface area contributed by atoms with Crippen molar-refractivity contribution in [2.75, 3.05) is 26.4 Å². The van der Waals surface area contributed by atoms with E-state index in [1.807, 2.05) is 6.92 Å². The number of nitrogens with one attached hydrogen (secondary N) is 1. The summed E-state index contributed by atoms with van der Waals surface area (Å²) in [5.41, 5.74) is 1.11. The molecule has 1 N–H and O–H groups in total. The lowest BCUT2D eigenvalue weighted by Crippen LogP contribution is -2.37. The summed E-state index contributed by atoms with van der Waals surface area (Å²) in [7, 11) is 0. The van der Waals surface area contributed by atoms with E-state index >= 15 is 0 Å². The van der Waals surface area contributed by atoms with Crippen LogP contribution in [0.3, 0.4) is 0 Å². The summed E-state index contributed by atoms with van der Waals surface area (Å²) < 4.78 is 10.8. The molecule has 0 bridgehead atoms. The van der Waals surface area contributed by atoms with Crippen LogP contribution in [-0.4, -0.2) is 37.5 Å². The number of rotatable bonds is 4. The van der Waals surface area contributed by atoms with Crippen molar-refractivity contribution in [2.45, 2.75) is 19.6 Å². The Bertz CT molecular complexity index is 297. The van der Waals surface area contributed by atoms with Gasteiger partial charge in [0.25, 0.3) is 0 Å². The molecule has 1 unspecified atom stereocenters. The van der Waals surface area contributed by atoms with E-state index in [9.17, 15) is 0 Å². The smallest absolute Gasteiger partial charge is 0.0933 e. The Hall–Kier alpha value is -0.490. The highest BCUT2D eigenvalue weighted by atomic mass is 32.1. The Morgan fingerprint density at radius 1 is 1.60 bits per heavy atom. The minimum absolute atomic E-state index is 0.193. The number of aryl methyl sites for hydroxylation is 1. The first-order valence-corrected chi connectivity index (χ1v) is 6.03. The molecule has 1 atom stereocenters. The summed E-state index contributed by atoms with van der Waals surface area (Å²) in [6, 6.07) is 0. The van der Waals surface area contributed by atoms with Gasteiger partial charge < -0.3 is 14.8 Å². The third kappa shape index (κ3) is 3.53. The van der Waals surface area contributed by atoms with Gasteiger partial charge in [-0.25, -0.2) is 4.98 Å². The van der Waals surface area contributed by atoms with Gasteiger partial charge in [0.05, 0.1) is 36.6 Å². The van der Waals surface area contributed by atoms with Crippen molar-refractivity contribution >= 4 is 11.3 Å². The third-order valence-corrected chi connectivity index (χ3v) is 3.05. The van der Waals surface area contributed by atoms with Gasteiger partial charge in [0.2, 0.25) is 0 Å². The van der Waals surface area contributed by atoms with Crippen LogP contribution >= 0.6 is 11.3 Å². The van der Waals surface area contributed by atoms with Crippen LogP contribution in [0.25, 0.3) is 0 Å². The second kappa shape index (κ2) is 5.55. The van der Waals surface area contributed by atoms with E-state index < -0.39 is 0 Å². The molecule has 0 radical (unpaired) electrons. The zero-order chi connectivity index (χ0) is 10.5. The molecule has 4 nitrogen and oxygen atoms in total. The molecule has 15 heavy (non-hydrogen) atoms. The number of hydrogen-bond acceptors (Lipinski definition) is 5. The average Bonchev–Trinajstić information content (AvgIpc) is 2.66. The molecule has 2 rings (SSSR count). The fourth-order valence-electron chi connectivity index (χ4n) is 1.51. The number of aromatic nitrogens is 1. The summed E-state index contributed by atoms with van der Waals surface area (Å²) in [6.45, 7) is 5.79. The van der Waals surface area contributed by atoms with Crippen LogP contribution in [-0.2, 0) is 16.0 Å². The summed E-state index contributed by atoms with van der Waals surface area (Å²) in [4.78, 5) is 4.38. The van der Waals surface area contributed by atoms with Crippen molar-refractivity contribution in [3.05, 3.63) is 16.1 Å². The van der Waals surface area contributed by atoms with E-state index in [1.165, 1.54) is 0 Å². The number of ether oxygens (including phenoxy) is 2. The maximum atomic E-state index is 5.52. The van der Waals surface area contributed by atoms with Gasteiger partial charge in [0, 0.05) is 18.5 Å². The molecule has 0 spiro atoms. The first-order valence-electron chi connectivity index (χ1n) is 5.15. The molecule has 1 aliphatic rings. The molecule has 1 aromatic rings. The molecule has 1 aliphatic heterocycles. The third-order valence-electron chi connectivity index (χ3n) is 2.23. The van der Waals surface area contributed by atoms with E-state index in [4.69, 9.17) is 9.47 Å². The van der Waals surface area contributed by atoms with Crippen molar-refractivity contribution in [3.63, 3.8) is 0 Å². The fraction of sp³-hybridized carbons (Fsp3) is 0.700. The van der Waals surface area contributed by atoms with Gasteiger partial charge in [0.1, 0.15) is 0 Å². The molecule has 5 heteroatoms. The van der Waals surface area contributed by atoms with Crippen molar-refractivity contribution in [1.82, 2.24) is 10.3 Å². The van der Waals surface area contributed by atoms with Gasteiger partial charge in [0.15, 0.2) is 0 Å². The van der Waals surface area contributed by atoms with Gasteiger partial charge in [-0.2, -0.15) is 0 Å². The molecule has 0 amide bonds. The van der Waals surface area contributed by atoms with Crippen LogP contribution in [0.1, 0.15) is 10.7 Å². The second-order valence-electron chi connectivity index (χ2n) is 3.56. The highest BCUT2D eigenvalue weighted by Crippen LogP contribution is 2.07. The molecule has 0 aliphatic carbocycles. The Kier molecular flexibility index (Phi) is 4.08. The van der Waals surface area contributed by atoms with E-state index in [0.717, 1.165) is 30.4 Å². The molecular weight excluding hydrogens is 212 g/mol. The van der Waals surface area contributed by atoms with Crippen molar-refractivity contribution < 1.29 is 9.47 Å². The Morgan fingerprint density at radius 2 is 2.53 bits per heavy atom. The normalized spacial score (nSPS) is 21.8. The number of thiazole rings is 1. The van der Waals surface area contributed by atoms with Crippen molar-refractivity contribution in [3.8, 4) is 0 Å². The fourth-order valence-corrected chi connectivity index (χ4v) is 2.12. The maximum Gasteiger partial charge on any atom is 0.0933 e. The lowest BCUT2D eigenvalue weighted by atomic mass is 10.3. The molecule has 1 aromatic heterocycles. The predicted octanol–water partition coefficient (Wildman–Crippen LogP) is 0.957. The SMILES string of the molecule is Cc1nc(CNCC2COCCO2)cs1. The molecule has 0 saturated carbocycles. The van der Waals surface area contributed by atoms with Crippen LogP contribution in [0, 0.1) is 6.92 Å². The first-order chi connectivity index (χ1) is 7.34. The minimum Gasteiger partial charge on any atom is -0.376 e. The van der Waals surface area contributed by atoms with E-state index in [0.29, 0.717) is 13.2 Å². The largest absolute Gasteiger partial charge is 0.376 e. The highest BCUT2D eigenvalue weighted by Gasteiger charge is 2.13. The molecule has 84 valence electrons. The minimum atomic E-state index is 0.193. The first kappa shape index (κ1) is 11.0. The van der Waals surface area contributed by atoms with E-state index in [1.54, 1.807) is 11.3 Å². The Morgan fingerprint density at radius 3 is 3.20 bits per heavy atom. The zero-order valence-corrected chi connectivity index (χ0v) is 9.68. The molecule has 1 fully saturated rings. The van der Waals surface area contributed by atoms with Gasteiger partial charge in [-0.05, 0) is 6.92 Å². The van der Waals surface area contributed by atoms with Crippen LogP contribution < -0.4 is 5.32 Å². The summed E-state index contributed by atoms with van der Waals surface area (Å²) in [5.74, 6) is 0. The van der Waals surface area contributed by atoms with Crippen LogP contribution in [0.5, 0.6) is 0 Å². The molecule has 1 saturated heterocycles. The van der Waals surface area contributed by atoms with Crippen LogP contribution in [0.4, 0.5) is 0 Å². The van der Waals surface area contributed by atoms with Gasteiger partial charge in [-0.15, -0.1) is 11.3 Å². The van der Waals surface area contributed by atoms with Crippen molar-refractivity contribution in [2.24, 2.45) is 0 Å². The molecule has 0 aromatic carbocycles. The lowest BCUT2D eigenvalue weighted by molar-refractivity contribution is -0.0864. The lowest BCUT2D eigenvalue weighted by Gasteiger charge is -2.22. The maximum absolute atomic E-state index is 5.52. The van der Waals surface area contributed by atoms with Gasteiger partial charge in [-0.3, -0.25) is 0 Å². The number of hydrogen-bond donors (Lipinski definition) is 1. The van der Waals surface area contributed by atoms with Crippen molar-refractivity contribution in [1.29, 1.82) is 0 Å². The summed E-state index contributed by atoms with van der Waals surface area (Å²) in [5, 5.41) is 6.52. The second-order valence-corrected chi connectivity index (χ2v) is 4.62. The monoisotopic (exact) mass is 228 g/mol. The van der Waals surface area contributed by atoms with Gasteiger partial charge in [-0.1, -0.05) is 0 Å². The number of nitrogens with zero attached hydrogens (tertiary/aromatic N) is 1. The van der Waals surface area contributed by atoms with E-state index in [2.05, 4.69) is 15.7 Å². The molecule has 2 heterocycles. The summed E-state index contributed by atoms with van der Waals surface area (Å²) in [6.07, 6.45) is 0.193. The standard InChI is InChI=1S/C10H16N2O2S/c1-8-12-9(7-15-8)4-11-5-10-6-13-2-3-14-10/h7,10-11H,2-6H2,1H3. The zero-order valence-electron chi connectivity index (χ0n) is 8.86. The Balaban J connectivity index is 1.65. The van der Waals surface area contributed by atoms with Gasteiger partial charge >= 0.3 is 0 Å². The Labute approximate surface area is 93.6 Å². The summed E-state index contributed by atoms with van der Waals surface area (Å²) >= 11 is 1.68. The quantitative estimate of drug-likeness (QED) is 0.833. The molecular formula is C10H16N2O2S. The van der Waals surface area contributed by atoms with Crippen LogP contribution in [0.2, 0.25) is 0 Å². The average molecular weight is 228 g/mol. The van der Waals surface area contributed by atoms with E-state index in [-0.39, 0.29) is 6.10 Å². The van der Waals surface area contributed by atoms with Crippen LogP contribution in [0.15, 0.2) is 5.38 Å². The highest BCUT2D eigenvalue weighted by molar-refractivity contribution is 7.09. The predicted molar refractivity (Wildman–Crippen MR) is 59.1 cm³/mol.